The molecule has 142 valence electrons. The minimum absolute atomic E-state index is 0.114. The Balaban J connectivity index is 1.59. The van der Waals surface area contributed by atoms with Gasteiger partial charge in [-0.15, -0.1) is 0 Å². The van der Waals surface area contributed by atoms with Crippen LogP contribution in [0, 0.1) is 5.92 Å². The number of Topliss-reactive ketones (excluding diaryl/α,β-unsaturated/α-hetero) is 1. The molecule has 0 bridgehead atoms. The van der Waals surface area contributed by atoms with E-state index in [4.69, 9.17) is 9.15 Å². The van der Waals surface area contributed by atoms with Crippen LogP contribution in [0.5, 0.6) is 0 Å². The zero-order chi connectivity index (χ0) is 19.4. The molecule has 0 saturated heterocycles. The van der Waals surface area contributed by atoms with Gasteiger partial charge >= 0.3 is 5.97 Å². The van der Waals surface area contributed by atoms with E-state index >= 15 is 0 Å². The maximum atomic E-state index is 12.4. The Morgan fingerprint density at radius 3 is 2.63 bits per heavy atom. The summed E-state index contributed by atoms with van der Waals surface area (Å²) in [6.45, 7) is 3.23. The molecule has 1 aromatic heterocycles. The lowest BCUT2D eigenvalue weighted by atomic mass is 10.0. The molecule has 1 atom stereocenters. The van der Waals surface area contributed by atoms with Gasteiger partial charge < -0.3 is 14.5 Å². The molecule has 1 aromatic carbocycles. The summed E-state index contributed by atoms with van der Waals surface area (Å²) < 4.78 is 10.2. The monoisotopic (exact) mass is 369 g/mol. The smallest absolute Gasteiger partial charge is 0.329 e. The largest absolute Gasteiger partial charge is 0.459 e. The van der Waals surface area contributed by atoms with Crippen LogP contribution in [0.1, 0.15) is 52.3 Å². The van der Waals surface area contributed by atoms with Gasteiger partial charge in [0.25, 0.3) is 5.91 Å². The highest BCUT2D eigenvalue weighted by Crippen LogP contribution is 2.23. The first-order valence-electron chi connectivity index (χ1n) is 9.11. The molecule has 0 unspecified atom stereocenters. The van der Waals surface area contributed by atoms with Crippen molar-refractivity contribution < 1.29 is 23.5 Å². The first kappa shape index (κ1) is 18.9. The minimum Gasteiger partial charge on any atom is -0.459 e. The van der Waals surface area contributed by atoms with Crippen LogP contribution in [0.15, 0.2) is 41.0 Å². The minimum atomic E-state index is -0.865. The molecule has 0 spiro atoms. The second-order valence-electron chi connectivity index (χ2n) is 7.04. The molecule has 0 radical (unpaired) electrons. The highest BCUT2D eigenvalue weighted by atomic mass is 16.5. The van der Waals surface area contributed by atoms with Crippen LogP contribution in [-0.2, 0) is 22.4 Å². The normalized spacial score (nSPS) is 13.9. The summed E-state index contributed by atoms with van der Waals surface area (Å²) in [6, 6.07) is 7.87. The number of furan rings is 1. The molecular weight excluding hydrogens is 346 g/mol. The third-order valence-electron chi connectivity index (χ3n) is 4.72. The zero-order valence-electron chi connectivity index (χ0n) is 15.5. The Labute approximate surface area is 157 Å². The Bertz CT molecular complexity index is 838. The van der Waals surface area contributed by atoms with E-state index in [0.29, 0.717) is 5.56 Å². The lowest BCUT2D eigenvalue weighted by Gasteiger charge is -2.20. The highest BCUT2D eigenvalue weighted by molar-refractivity contribution is 5.99. The van der Waals surface area contributed by atoms with E-state index in [-0.39, 0.29) is 24.1 Å². The lowest BCUT2D eigenvalue weighted by molar-refractivity contribution is -0.145. The van der Waals surface area contributed by atoms with Crippen molar-refractivity contribution >= 4 is 17.7 Å². The van der Waals surface area contributed by atoms with Gasteiger partial charge in [0.05, 0.1) is 6.26 Å². The number of carbonyl (C=O) groups is 3. The number of amides is 1. The number of ketones is 1. The van der Waals surface area contributed by atoms with Gasteiger partial charge in [0, 0.05) is 5.56 Å². The number of rotatable bonds is 7. The standard InChI is InChI=1S/C21H23NO5/c1-13(2)19(22-20(24)18-7-4-10-26-18)21(25)27-12-17(23)16-9-8-14-5-3-6-15(14)11-16/h4,7-11,13,19H,3,5-6,12H2,1-2H3,(H,22,24)/t19-/m0/s1. The van der Waals surface area contributed by atoms with Crippen LogP contribution < -0.4 is 5.32 Å². The quantitative estimate of drug-likeness (QED) is 0.599. The molecule has 1 aliphatic carbocycles. The van der Waals surface area contributed by atoms with E-state index in [9.17, 15) is 14.4 Å². The average Bonchev–Trinajstić information content (AvgIpc) is 3.34. The van der Waals surface area contributed by atoms with Gasteiger partial charge in [0.2, 0.25) is 0 Å². The number of nitrogens with one attached hydrogen (secondary N) is 1. The molecule has 1 amide bonds. The number of carbonyl (C=O) groups excluding carboxylic acids is 3. The van der Waals surface area contributed by atoms with E-state index < -0.39 is 17.9 Å². The van der Waals surface area contributed by atoms with Crippen molar-refractivity contribution in [3.05, 3.63) is 59.0 Å². The van der Waals surface area contributed by atoms with E-state index in [1.165, 1.54) is 23.5 Å². The number of ether oxygens (including phenoxy) is 1. The van der Waals surface area contributed by atoms with Crippen molar-refractivity contribution in [2.45, 2.75) is 39.2 Å². The van der Waals surface area contributed by atoms with Crippen molar-refractivity contribution in [2.75, 3.05) is 6.61 Å². The summed E-state index contributed by atoms with van der Waals surface area (Å²) in [5.74, 6) is -1.48. The summed E-state index contributed by atoms with van der Waals surface area (Å²) in [4.78, 5) is 36.9. The van der Waals surface area contributed by atoms with Crippen LogP contribution in [0.4, 0.5) is 0 Å². The van der Waals surface area contributed by atoms with Gasteiger partial charge in [-0.3, -0.25) is 9.59 Å². The van der Waals surface area contributed by atoms with Crippen LogP contribution >= 0.6 is 0 Å². The third-order valence-corrected chi connectivity index (χ3v) is 4.72. The van der Waals surface area contributed by atoms with E-state index in [1.807, 2.05) is 12.1 Å². The van der Waals surface area contributed by atoms with Crippen molar-refractivity contribution in [3.8, 4) is 0 Å². The molecule has 0 aliphatic heterocycles. The molecule has 1 N–H and O–H groups in total. The summed E-state index contributed by atoms with van der Waals surface area (Å²) >= 11 is 0. The second-order valence-corrected chi connectivity index (χ2v) is 7.04. The molecule has 6 heteroatoms. The molecule has 1 heterocycles. The van der Waals surface area contributed by atoms with E-state index in [0.717, 1.165) is 19.3 Å². The molecule has 27 heavy (non-hydrogen) atoms. The van der Waals surface area contributed by atoms with Crippen LogP contribution in [0.3, 0.4) is 0 Å². The fourth-order valence-corrected chi connectivity index (χ4v) is 3.17. The first-order chi connectivity index (χ1) is 13.0. The van der Waals surface area contributed by atoms with Gasteiger partial charge in [-0.25, -0.2) is 4.79 Å². The number of benzene rings is 1. The number of hydrogen-bond acceptors (Lipinski definition) is 5. The van der Waals surface area contributed by atoms with Crippen LogP contribution in [0.25, 0.3) is 0 Å². The summed E-state index contributed by atoms with van der Waals surface area (Å²) in [6.07, 6.45) is 4.51. The van der Waals surface area contributed by atoms with Crippen LogP contribution in [0.2, 0.25) is 0 Å². The summed E-state index contributed by atoms with van der Waals surface area (Å²) in [5.41, 5.74) is 3.02. The Hall–Kier alpha value is -2.89. The fourth-order valence-electron chi connectivity index (χ4n) is 3.17. The van der Waals surface area contributed by atoms with Crippen molar-refractivity contribution in [2.24, 2.45) is 5.92 Å². The molecule has 0 fully saturated rings. The Morgan fingerprint density at radius 2 is 1.93 bits per heavy atom. The Morgan fingerprint density at radius 1 is 1.15 bits per heavy atom. The van der Waals surface area contributed by atoms with Crippen molar-refractivity contribution in [1.29, 1.82) is 0 Å². The second kappa shape index (κ2) is 8.20. The van der Waals surface area contributed by atoms with Gasteiger partial charge in [0.1, 0.15) is 6.04 Å². The summed E-state index contributed by atoms with van der Waals surface area (Å²) in [7, 11) is 0. The van der Waals surface area contributed by atoms with Crippen LogP contribution in [-0.4, -0.2) is 30.3 Å². The van der Waals surface area contributed by atoms with Gasteiger partial charge in [-0.1, -0.05) is 26.0 Å². The highest BCUT2D eigenvalue weighted by Gasteiger charge is 2.27. The number of aryl methyl sites for hydroxylation is 2. The number of fused-ring (bicyclic) bond motifs is 1. The topological polar surface area (TPSA) is 85.6 Å². The van der Waals surface area contributed by atoms with E-state index in [1.54, 1.807) is 26.0 Å². The van der Waals surface area contributed by atoms with Gasteiger partial charge in [0.15, 0.2) is 18.2 Å². The van der Waals surface area contributed by atoms with Crippen molar-refractivity contribution in [1.82, 2.24) is 5.32 Å². The molecule has 0 saturated carbocycles. The zero-order valence-corrected chi connectivity index (χ0v) is 15.5. The fraction of sp³-hybridized carbons (Fsp3) is 0.381. The molecule has 6 nitrogen and oxygen atoms in total. The third kappa shape index (κ3) is 4.45. The predicted molar refractivity (Wildman–Crippen MR) is 98.6 cm³/mol. The number of hydrogen-bond donors (Lipinski definition) is 1. The number of esters is 1. The lowest BCUT2D eigenvalue weighted by Crippen LogP contribution is -2.45. The molecular formula is C21H23NO5. The Kier molecular flexibility index (Phi) is 5.74. The molecule has 1 aliphatic rings. The summed E-state index contributed by atoms with van der Waals surface area (Å²) in [5, 5.41) is 2.60. The van der Waals surface area contributed by atoms with Gasteiger partial charge in [-0.2, -0.15) is 0 Å². The average molecular weight is 369 g/mol. The molecule has 2 aromatic rings. The SMILES string of the molecule is CC(C)[C@H](NC(=O)c1ccco1)C(=O)OCC(=O)c1ccc2c(c1)CCC2. The first-order valence-corrected chi connectivity index (χ1v) is 9.11. The maximum absolute atomic E-state index is 12.4. The predicted octanol–water partition coefficient (Wildman–Crippen LogP) is 2.95. The van der Waals surface area contributed by atoms with Gasteiger partial charge in [-0.05, 0) is 54.5 Å². The van der Waals surface area contributed by atoms with Crippen molar-refractivity contribution in [3.63, 3.8) is 0 Å². The van der Waals surface area contributed by atoms with E-state index in [2.05, 4.69) is 5.32 Å². The maximum Gasteiger partial charge on any atom is 0.329 e. The molecule has 3 rings (SSSR count).